The van der Waals surface area contributed by atoms with Crippen LogP contribution in [0.5, 0.6) is 0 Å². The van der Waals surface area contributed by atoms with Gasteiger partial charge in [-0.3, -0.25) is 14.2 Å². The van der Waals surface area contributed by atoms with Gasteiger partial charge in [-0.15, -0.1) is 0 Å². The van der Waals surface area contributed by atoms with Gasteiger partial charge in [-0.25, -0.2) is 0 Å². The summed E-state index contributed by atoms with van der Waals surface area (Å²) in [5.74, 6) is 0. The number of benzene rings is 1. The molecule has 8 heteroatoms. The summed E-state index contributed by atoms with van der Waals surface area (Å²) in [7, 11) is 0. The van der Waals surface area contributed by atoms with Gasteiger partial charge in [0.05, 0.1) is 16.6 Å². The second-order valence-electron chi connectivity index (χ2n) is 8.63. The van der Waals surface area contributed by atoms with E-state index in [1.807, 2.05) is 0 Å². The molecule has 2 fully saturated rings. The van der Waals surface area contributed by atoms with Gasteiger partial charge in [0.15, 0.2) is 0 Å². The average molecular weight is 423 g/mol. The molecule has 1 saturated heterocycles. The Morgan fingerprint density at radius 2 is 1.50 bits per heavy atom. The molecule has 1 N–H and O–H groups in total. The van der Waals surface area contributed by atoms with Crippen molar-refractivity contribution < 1.29 is 13.2 Å². The fourth-order valence-corrected chi connectivity index (χ4v) is 5.09. The molecule has 0 atom stereocenters. The van der Waals surface area contributed by atoms with Crippen molar-refractivity contribution in [1.29, 1.82) is 0 Å². The second-order valence-corrected chi connectivity index (χ2v) is 8.63. The fraction of sp³-hybridized carbons (Fsp3) is 0.636. The number of hydrogen-bond donors (Lipinski definition) is 1. The smallest absolute Gasteiger partial charge is 0.316 e. The molecular formula is C22H28F3N3O2. The maximum absolute atomic E-state index is 13.1. The van der Waals surface area contributed by atoms with Crippen LogP contribution in [0.4, 0.5) is 13.2 Å². The molecule has 0 amide bonds. The molecule has 0 radical (unpaired) electrons. The van der Waals surface area contributed by atoms with Gasteiger partial charge in [0, 0.05) is 25.2 Å². The monoisotopic (exact) mass is 423 g/mol. The summed E-state index contributed by atoms with van der Waals surface area (Å²) >= 11 is 0. The highest BCUT2D eigenvalue weighted by Gasteiger charge is 2.32. The summed E-state index contributed by atoms with van der Waals surface area (Å²) in [6, 6.07) is 3.59. The zero-order chi connectivity index (χ0) is 21.3. The summed E-state index contributed by atoms with van der Waals surface area (Å²) in [4.78, 5) is 29.6. The quantitative estimate of drug-likeness (QED) is 0.726. The lowest BCUT2D eigenvalue weighted by Crippen LogP contribution is -2.45. The molecule has 30 heavy (non-hydrogen) atoms. The molecule has 1 saturated carbocycles. The fourth-order valence-electron chi connectivity index (χ4n) is 5.09. The summed E-state index contributed by atoms with van der Waals surface area (Å²) < 4.78 is 40.6. The normalized spacial score (nSPS) is 20.9. The maximum atomic E-state index is 13.1. The molecule has 2 heterocycles. The first-order chi connectivity index (χ1) is 14.3. The third-order valence-electron chi connectivity index (χ3n) is 6.70. The van der Waals surface area contributed by atoms with E-state index in [0.717, 1.165) is 38.1 Å². The van der Waals surface area contributed by atoms with Crippen molar-refractivity contribution in [3.8, 4) is 0 Å². The summed E-state index contributed by atoms with van der Waals surface area (Å²) in [6.45, 7) is 1.69. The lowest BCUT2D eigenvalue weighted by molar-refractivity contribution is -0.137. The molecule has 1 aromatic carbocycles. The van der Waals surface area contributed by atoms with Crippen LogP contribution >= 0.6 is 0 Å². The number of H-pyrrole nitrogens is 1. The molecule has 1 aliphatic heterocycles. The lowest BCUT2D eigenvalue weighted by atomic mass is 9.93. The molecule has 0 bridgehead atoms. The van der Waals surface area contributed by atoms with Gasteiger partial charge in [-0.05, 0) is 43.9 Å². The number of aromatic amines is 1. The first-order valence-electron chi connectivity index (χ1n) is 10.9. The Balaban J connectivity index is 1.58. The zero-order valence-electron chi connectivity index (χ0n) is 17.0. The molecule has 0 spiro atoms. The topological polar surface area (TPSA) is 58.1 Å². The average Bonchev–Trinajstić information content (AvgIpc) is 2.68. The highest BCUT2D eigenvalue weighted by molar-refractivity contribution is 5.75. The number of halogens is 3. The second kappa shape index (κ2) is 8.57. The van der Waals surface area contributed by atoms with Gasteiger partial charge < -0.3 is 9.88 Å². The number of piperidine rings is 1. The Hall–Kier alpha value is -2.09. The van der Waals surface area contributed by atoms with E-state index in [9.17, 15) is 22.8 Å². The van der Waals surface area contributed by atoms with Crippen LogP contribution in [-0.4, -0.2) is 33.6 Å². The van der Waals surface area contributed by atoms with Gasteiger partial charge in [-0.1, -0.05) is 32.1 Å². The van der Waals surface area contributed by atoms with Crippen molar-refractivity contribution in [2.24, 2.45) is 0 Å². The van der Waals surface area contributed by atoms with Crippen LogP contribution < -0.4 is 11.1 Å². The van der Waals surface area contributed by atoms with Gasteiger partial charge in [-0.2, -0.15) is 13.2 Å². The third-order valence-corrected chi connectivity index (χ3v) is 6.70. The number of alkyl halides is 3. The van der Waals surface area contributed by atoms with E-state index in [-0.39, 0.29) is 11.6 Å². The van der Waals surface area contributed by atoms with Gasteiger partial charge in [0.25, 0.3) is 0 Å². The van der Waals surface area contributed by atoms with E-state index in [2.05, 4.69) is 9.88 Å². The molecule has 2 aromatic rings. The molecule has 1 aliphatic carbocycles. The van der Waals surface area contributed by atoms with Crippen LogP contribution in [-0.2, 0) is 6.18 Å². The number of fused-ring (bicyclic) bond motifs is 1. The minimum atomic E-state index is -4.50. The van der Waals surface area contributed by atoms with E-state index in [4.69, 9.17) is 0 Å². The van der Waals surface area contributed by atoms with Crippen molar-refractivity contribution in [3.05, 3.63) is 44.5 Å². The van der Waals surface area contributed by atoms with Crippen molar-refractivity contribution in [2.45, 2.75) is 76.0 Å². The molecule has 5 nitrogen and oxygen atoms in total. The zero-order valence-corrected chi connectivity index (χ0v) is 17.0. The first-order valence-corrected chi connectivity index (χ1v) is 10.9. The largest absolute Gasteiger partial charge is 0.416 e. The van der Waals surface area contributed by atoms with Crippen LogP contribution in [0.15, 0.2) is 27.8 Å². The van der Waals surface area contributed by atoms with Crippen molar-refractivity contribution >= 4 is 11.0 Å². The number of nitrogens with one attached hydrogen (secondary N) is 1. The van der Waals surface area contributed by atoms with E-state index >= 15 is 0 Å². The summed E-state index contributed by atoms with van der Waals surface area (Å²) in [5, 5.41) is 0. The standard InChI is InChI=1S/C22H28F3N3O2/c23-22(24,25)15-8-9-19-18(14-15)26-20(29)21(30)28(19)17-10-12-27(13-11-17)16-6-4-2-1-3-5-7-16/h8-9,14,16-17H,1-7,10-13H2,(H,26,29). The predicted molar refractivity (Wildman–Crippen MR) is 110 cm³/mol. The van der Waals surface area contributed by atoms with E-state index in [1.165, 1.54) is 55.6 Å². The number of nitrogens with zero attached hydrogens (tertiary/aromatic N) is 2. The number of likely N-dealkylation sites (tertiary alicyclic amines) is 1. The lowest BCUT2D eigenvalue weighted by Gasteiger charge is -2.39. The van der Waals surface area contributed by atoms with Gasteiger partial charge in [0.2, 0.25) is 0 Å². The van der Waals surface area contributed by atoms with Crippen LogP contribution in [0.25, 0.3) is 11.0 Å². The number of rotatable bonds is 2. The predicted octanol–water partition coefficient (Wildman–Crippen LogP) is 4.46. The molecular weight excluding hydrogens is 395 g/mol. The van der Waals surface area contributed by atoms with Crippen molar-refractivity contribution in [2.75, 3.05) is 13.1 Å². The summed E-state index contributed by atoms with van der Waals surface area (Å²) in [5.41, 5.74) is -1.99. The minimum Gasteiger partial charge on any atom is -0.316 e. The van der Waals surface area contributed by atoms with E-state index in [1.54, 1.807) is 0 Å². The highest BCUT2D eigenvalue weighted by Crippen LogP contribution is 2.32. The minimum absolute atomic E-state index is 0.0527. The van der Waals surface area contributed by atoms with Crippen LogP contribution in [0.2, 0.25) is 0 Å². The Labute approximate surface area is 172 Å². The first kappa shape index (κ1) is 21.2. The van der Waals surface area contributed by atoms with Gasteiger partial charge >= 0.3 is 17.3 Å². The number of hydrogen-bond acceptors (Lipinski definition) is 3. The van der Waals surface area contributed by atoms with E-state index in [0.29, 0.717) is 11.6 Å². The summed E-state index contributed by atoms with van der Waals surface area (Å²) in [6.07, 6.45) is 5.76. The molecule has 164 valence electrons. The Morgan fingerprint density at radius 3 is 2.13 bits per heavy atom. The molecule has 0 unspecified atom stereocenters. The van der Waals surface area contributed by atoms with Crippen LogP contribution in [0.1, 0.15) is 69.4 Å². The Bertz CT molecular complexity index is 995. The Kier molecular flexibility index (Phi) is 6.04. The molecule has 2 aliphatic rings. The highest BCUT2D eigenvalue weighted by atomic mass is 19.4. The van der Waals surface area contributed by atoms with E-state index < -0.39 is 22.9 Å². The Morgan fingerprint density at radius 1 is 0.867 bits per heavy atom. The maximum Gasteiger partial charge on any atom is 0.416 e. The molecule has 4 rings (SSSR count). The SMILES string of the molecule is O=c1[nH]c2cc(C(F)(F)F)ccc2n(C2CCN(C3CCCCCCC3)CC2)c1=O. The third kappa shape index (κ3) is 4.33. The molecule has 1 aromatic heterocycles. The van der Waals surface area contributed by atoms with Crippen LogP contribution in [0, 0.1) is 0 Å². The van der Waals surface area contributed by atoms with Crippen LogP contribution in [0.3, 0.4) is 0 Å². The van der Waals surface area contributed by atoms with Crippen molar-refractivity contribution in [3.63, 3.8) is 0 Å². The van der Waals surface area contributed by atoms with Crippen molar-refractivity contribution in [1.82, 2.24) is 14.5 Å². The van der Waals surface area contributed by atoms with Gasteiger partial charge in [0.1, 0.15) is 0 Å². The number of aromatic nitrogens is 2.